The van der Waals surface area contributed by atoms with Crippen LogP contribution in [0.15, 0.2) is 24.3 Å². The molecular weight excluding hydrogens is 280 g/mol. The number of halogens is 1. The lowest BCUT2D eigenvalue weighted by molar-refractivity contribution is -0.141. The quantitative estimate of drug-likeness (QED) is 0.923. The summed E-state index contributed by atoms with van der Waals surface area (Å²) in [6, 6.07) is 6.97. The van der Waals surface area contributed by atoms with E-state index >= 15 is 0 Å². The molecule has 1 aliphatic heterocycles. The average Bonchev–Trinajstić information content (AvgIpc) is 2.94. The van der Waals surface area contributed by atoms with Crippen molar-refractivity contribution in [1.82, 2.24) is 4.90 Å². The molecular formula is C14H17ClN2O3. The zero-order valence-electron chi connectivity index (χ0n) is 11.3. The summed E-state index contributed by atoms with van der Waals surface area (Å²) >= 11 is 5.96. The Balaban J connectivity index is 1.87. The van der Waals surface area contributed by atoms with Crippen LogP contribution in [0, 0.1) is 0 Å². The van der Waals surface area contributed by atoms with Crippen LogP contribution in [0.3, 0.4) is 0 Å². The highest BCUT2D eigenvalue weighted by atomic mass is 35.5. The zero-order chi connectivity index (χ0) is 14.5. The highest BCUT2D eigenvalue weighted by molar-refractivity contribution is 6.33. The molecule has 1 aromatic rings. The van der Waals surface area contributed by atoms with Crippen LogP contribution in [0.2, 0.25) is 5.02 Å². The number of amides is 2. The first-order valence-corrected chi connectivity index (χ1v) is 6.86. The summed E-state index contributed by atoms with van der Waals surface area (Å²) in [4.78, 5) is 25.3. The van der Waals surface area contributed by atoms with Gasteiger partial charge in [-0.05, 0) is 25.0 Å². The SMILES string of the molecule is CN(CC(=O)Nc1ccccc1Cl)C(=O)C1CCCO1. The van der Waals surface area contributed by atoms with Crippen molar-refractivity contribution in [3.8, 4) is 0 Å². The van der Waals surface area contributed by atoms with Crippen molar-refractivity contribution in [3.63, 3.8) is 0 Å². The number of benzene rings is 1. The molecule has 6 heteroatoms. The number of hydrogen-bond donors (Lipinski definition) is 1. The molecule has 2 amide bonds. The van der Waals surface area contributed by atoms with Gasteiger partial charge >= 0.3 is 0 Å². The Morgan fingerprint density at radius 1 is 1.45 bits per heavy atom. The van der Waals surface area contributed by atoms with Crippen LogP contribution < -0.4 is 5.32 Å². The molecule has 1 atom stereocenters. The van der Waals surface area contributed by atoms with E-state index in [4.69, 9.17) is 16.3 Å². The number of para-hydroxylation sites is 1. The molecule has 20 heavy (non-hydrogen) atoms. The second kappa shape index (κ2) is 6.72. The smallest absolute Gasteiger partial charge is 0.251 e. The second-order valence-corrected chi connectivity index (χ2v) is 5.13. The minimum Gasteiger partial charge on any atom is -0.368 e. The summed E-state index contributed by atoms with van der Waals surface area (Å²) in [6.07, 6.45) is 1.19. The monoisotopic (exact) mass is 296 g/mol. The van der Waals surface area contributed by atoms with Gasteiger partial charge in [0.1, 0.15) is 6.10 Å². The lowest BCUT2D eigenvalue weighted by atomic mass is 10.2. The van der Waals surface area contributed by atoms with Crippen molar-refractivity contribution < 1.29 is 14.3 Å². The van der Waals surface area contributed by atoms with Crippen molar-refractivity contribution >= 4 is 29.1 Å². The molecule has 5 nitrogen and oxygen atoms in total. The maximum atomic E-state index is 12.0. The van der Waals surface area contributed by atoms with Crippen molar-refractivity contribution in [2.24, 2.45) is 0 Å². The van der Waals surface area contributed by atoms with Gasteiger partial charge in [-0.1, -0.05) is 23.7 Å². The van der Waals surface area contributed by atoms with Gasteiger partial charge in [0.25, 0.3) is 5.91 Å². The summed E-state index contributed by atoms with van der Waals surface area (Å²) < 4.78 is 5.31. The van der Waals surface area contributed by atoms with Crippen LogP contribution in [0.4, 0.5) is 5.69 Å². The van der Waals surface area contributed by atoms with E-state index in [1.807, 2.05) is 0 Å². The number of carbonyl (C=O) groups is 2. The third-order valence-corrected chi connectivity index (χ3v) is 3.44. The van der Waals surface area contributed by atoms with Crippen LogP contribution in [-0.2, 0) is 14.3 Å². The van der Waals surface area contributed by atoms with Crippen molar-refractivity contribution in [1.29, 1.82) is 0 Å². The van der Waals surface area contributed by atoms with Crippen LogP contribution in [0.5, 0.6) is 0 Å². The third kappa shape index (κ3) is 3.71. The van der Waals surface area contributed by atoms with Crippen molar-refractivity contribution in [3.05, 3.63) is 29.3 Å². The number of nitrogens with zero attached hydrogens (tertiary/aromatic N) is 1. The summed E-state index contributed by atoms with van der Waals surface area (Å²) in [6.45, 7) is 0.583. The Bertz CT molecular complexity index is 501. The lowest BCUT2D eigenvalue weighted by Gasteiger charge is -2.20. The first-order chi connectivity index (χ1) is 9.58. The molecule has 1 saturated heterocycles. The maximum Gasteiger partial charge on any atom is 0.251 e. The van der Waals surface area contributed by atoms with E-state index in [-0.39, 0.29) is 18.4 Å². The number of ether oxygens (including phenoxy) is 1. The van der Waals surface area contributed by atoms with Gasteiger partial charge in [-0.25, -0.2) is 0 Å². The molecule has 1 heterocycles. The Hall–Kier alpha value is -1.59. The highest BCUT2D eigenvalue weighted by Gasteiger charge is 2.27. The molecule has 0 bridgehead atoms. The molecule has 0 aliphatic carbocycles. The predicted molar refractivity (Wildman–Crippen MR) is 76.7 cm³/mol. The minimum absolute atomic E-state index is 0.0239. The first-order valence-electron chi connectivity index (χ1n) is 6.49. The predicted octanol–water partition coefficient (Wildman–Crippen LogP) is 1.92. The van der Waals surface area contributed by atoms with E-state index in [0.29, 0.717) is 17.3 Å². The van der Waals surface area contributed by atoms with Crippen LogP contribution in [-0.4, -0.2) is 43.0 Å². The van der Waals surface area contributed by atoms with Gasteiger partial charge in [-0.15, -0.1) is 0 Å². The van der Waals surface area contributed by atoms with Gasteiger partial charge in [-0.2, -0.15) is 0 Å². The number of rotatable bonds is 4. The second-order valence-electron chi connectivity index (χ2n) is 4.72. The van der Waals surface area contributed by atoms with Gasteiger partial charge in [0, 0.05) is 13.7 Å². The normalized spacial score (nSPS) is 17.8. The molecule has 0 radical (unpaired) electrons. The van der Waals surface area contributed by atoms with E-state index in [0.717, 1.165) is 12.8 Å². The Labute approximate surface area is 122 Å². The number of anilines is 1. The van der Waals surface area contributed by atoms with Gasteiger partial charge in [0.2, 0.25) is 5.91 Å². The van der Waals surface area contributed by atoms with Gasteiger partial charge in [0.15, 0.2) is 0 Å². The van der Waals surface area contributed by atoms with Crippen LogP contribution in [0.25, 0.3) is 0 Å². The molecule has 108 valence electrons. The lowest BCUT2D eigenvalue weighted by Crippen LogP contribution is -2.40. The van der Waals surface area contributed by atoms with Gasteiger partial charge in [0.05, 0.1) is 17.3 Å². The summed E-state index contributed by atoms with van der Waals surface area (Å²) in [5.74, 6) is -0.441. The Morgan fingerprint density at radius 3 is 2.85 bits per heavy atom. The third-order valence-electron chi connectivity index (χ3n) is 3.11. The van der Waals surface area contributed by atoms with Crippen LogP contribution in [0.1, 0.15) is 12.8 Å². The average molecular weight is 297 g/mol. The molecule has 0 aromatic heterocycles. The molecule has 2 rings (SSSR count). The van der Waals surface area contributed by atoms with E-state index < -0.39 is 6.10 Å². The van der Waals surface area contributed by atoms with E-state index in [2.05, 4.69) is 5.32 Å². The summed E-state index contributed by atoms with van der Waals surface area (Å²) in [5.41, 5.74) is 0.539. The fourth-order valence-corrected chi connectivity index (χ4v) is 2.25. The molecule has 1 aromatic carbocycles. The summed E-state index contributed by atoms with van der Waals surface area (Å²) in [5, 5.41) is 3.15. The minimum atomic E-state index is -0.409. The first kappa shape index (κ1) is 14.8. The molecule has 1 unspecified atom stereocenters. The van der Waals surface area contributed by atoms with Gasteiger partial charge in [-0.3, -0.25) is 9.59 Å². The van der Waals surface area contributed by atoms with E-state index in [1.54, 1.807) is 31.3 Å². The van der Waals surface area contributed by atoms with Crippen molar-refractivity contribution in [2.75, 3.05) is 25.5 Å². The highest BCUT2D eigenvalue weighted by Crippen LogP contribution is 2.20. The maximum absolute atomic E-state index is 12.0. The number of likely N-dealkylation sites (N-methyl/N-ethyl adjacent to an activating group) is 1. The molecule has 1 aliphatic rings. The topological polar surface area (TPSA) is 58.6 Å². The Morgan fingerprint density at radius 2 is 2.20 bits per heavy atom. The molecule has 0 spiro atoms. The number of nitrogens with one attached hydrogen (secondary N) is 1. The zero-order valence-corrected chi connectivity index (χ0v) is 12.0. The Kier molecular flexibility index (Phi) is 4.98. The molecule has 1 N–H and O–H groups in total. The molecule has 0 saturated carbocycles. The number of hydrogen-bond acceptors (Lipinski definition) is 3. The summed E-state index contributed by atoms with van der Waals surface area (Å²) in [7, 11) is 1.59. The van der Waals surface area contributed by atoms with Crippen molar-refractivity contribution in [2.45, 2.75) is 18.9 Å². The van der Waals surface area contributed by atoms with E-state index in [1.165, 1.54) is 4.90 Å². The fraction of sp³-hybridized carbons (Fsp3) is 0.429. The van der Waals surface area contributed by atoms with Gasteiger partial charge < -0.3 is 15.0 Å². The fourth-order valence-electron chi connectivity index (χ4n) is 2.06. The largest absolute Gasteiger partial charge is 0.368 e. The van der Waals surface area contributed by atoms with Crippen LogP contribution >= 0.6 is 11.6 Å². The molecule has 1 fully saturated rings. The standard InChI is InChI=1S/C14H17ClN2O3/c1-17(14(19)12-7-4-8-20-12)9-13(18)16-11-6-3-2-5-10(11)15/h2-3,5-6,12H,4,7-9H2,1H3,(H,16,18). The number of carbonyl (C=O) groups excluding carboxylic acids is 2. The van der Waals surface area contributed by atoms with E-state index in [9.17, 15) is 9.59 Å².